The number of benzene rings is 1. The molecule has 0 unspecified atom stereocenters. The summed E-state index contributed by atoms with van der Waals surface area (Å²) in [5.41, 5.74) is -0.303. The second kappa shape index (κ2) is 11.4. The minimum absolute atomic E-state index is 0.0523. The Labute approximate surface area is 186 Å². The van der Waals surface area contributed by atoms with Gasteiger partial charge in [0.25, 0.3) is 0 Å². The molecule has 0 aliphatic rings. The Hall–Kier alpha value is -0.434. The number of nitrogens with zero attached hydrogens (tertiary/aromatic N) is 1. The Morgan fingerprint density at radius 1 is 0.633 bits per heavy atom. The quantitative estimate of drug-likeness (QED) is 0.245. The molecule has 0 aliphatic carbocycles. The molecule has 1 aromatic rings. The molecule has 0 aliphatic heterocycles. The maximum absolute atomic E-state index is 16.4. The molecule has 172 valence electrons. The zero-order valence-electron chi connectivity index (χ0n) is 20.1. The summed E-state index contributed by atoms with van der Waals surface area (Å²) in [5, 5.41) is 4.35. The van der Waals surface area contributed by atoms with E-state index in [4.69, 9.17) is 0 Å². The van der Waals surface area contributed by atoms with Crippen molar-refractivity contribution < 1.29 is 18.0 Å². The molecule has 0 spiro atoms. The predicted octanol–water partition coefficient (Wildman–Crippen LogP) is 6.02. The molecular weight excluding hydrogens is 508 g/mol. The van der Waals surface area contributed by atoms with Crippen LogP contribution in [-0.4, -0.2) is 50.4 Å². The van der Waals surface area contributed by atoms with Gasteiger partial charge in [-0.1, -0.05) is 0 Å². The van der Waals surface area contributed by atoms with Gasteiger partial charge in [-0.2, -0.15) is 0 Å². The average molecular weight is 549 g/mol. The van der Waals surface area contributed by atoms with Gasteiger partial charge >= 0.3 is 187 Å². The summed E-state index contributed by atoms with van der Waals surface area (Å²) in [5.74, 6) is -3.31. The van der Waals surface area contributed by atoms with Crippen LogP contribution in [0.15, 0.2) is 0 Å². The van der Waals surface area contributed by atoms with Crippen molar-refractivity contribution in [2.24, 2.45) is 0 Å². The third-order valence-electron chi connectivity index (χ3n) is 7.71. The van der Waals surface area contributed by atoms with Gasteiger partial charge in [-0.05, 0) is 0 Å². The number of hydrogen-bond acceptors (Lipinski definition) is 1. The Balaban J connectivity index is 4.23. The first-order chi connectivity index (χ1) is 14.1. The molecule has 0 aromatic heterocycles. The van der Waals surface area contributed by atoms with Crippen molar-refractivity contribution in [2.45, 2.75) is 86.9 Å². The summed E-state index contributed by atoms with van der Waals surface area (Å²) in [4.78, 5) is 14.8. The van der Waals surface area contributed by atoms with E-state index in [2.05, 4.69) is 0 Å². The summed E-state index contributed by atoms with van der Waals surface area (Å²) < 4.78 is 48.1. The molecule has 30 heavy (non-hydrogen) atoms. The van der Waals surface area contributed by atoms with Crippen molar-refractivity contribution in [1.29, 1.82) is 0 Å². The van der Waals surface area contributed by atoms with Crippen LogP contribution >= 0.6 is 0 Å². The van der Waals surface area contributed by atoms with Crippen LogP contribution in [0.1, 0.15) is 65.7 Å². The van der Waals surface area contributed by atoms with Crippen molar-refractivity contribution in [2.75, 3.05) is 13.1 Å². The molecule has 2 nitrogen and oxygen atoms in total. The number of rotatable bonds is 11. The molecule has 0 bridgehead atoms. The fourth-order valence-corrected chi connectivity index (χ4v) is 21.6. The molecular formula is C23H40F3Ge2NO. The van der Waals surface area contributed by atoms with E-state index in [1.165, 1.54) is 4.90 Å². The summed E-state index contributed by atoms with van der Waals surface area (Å²) in [6.07, 6.45) is 0. The zero-order chi connectivity index (χ0) is 23.3. The molecule has 0 fully saturated rings. The second-order valence-corrected chi connectivity index (χ2v) is 30.0. The van der Waals surface area contributed by atoms with Gasteiger partial charge in [0.15, 0.2) is 0 Å². The fourth-order valence-electron chi connectivity index (χ4n) is 5.05. The molecule has 0 saturated carbocycles. The van der Waals surface area contributed by atoms with Gasteiger partial charge in [0, 0.05) is 0 Å². The molecule has 0 heterocycles. The molecule has 1 aromatic carbocycles. The van der Waals surface area contributed by atoms with Crippen molar-refractivity contribution in [3.8, 4) is 0 Å². The number of halogens is 3. The molecule has 1 amide bonds. The summed E-state index contributed by atoms with van der Waals surface area (Å²) in [6, 6.07) is 0. The normalized spacial score (nSPS) is 12.4. The molecule has 0 atom stereocenters. The van der Waals surface area contributed by atoms with E-state index in [-0.39, 0.29) is 9.96 Å². The second-order valence-electron chi connectivity index (χ2n) is 8.23. The Bertz CT molecular complexity index is 726. The molecule has 1 rings (SSSR count). The number of hydrogen-bond donors (Lipinski definition) is 0. The van der Waals surface area contributed by atoms with Crippen LogP contribution in [0.5, 0.6) is 0 Å². The fraction of sp³-hybridized carbons (Fsp3) is 0.696. The third kappa shape index (κ3) is 4.53. The zero-order valence-corrected chi connectivity index (χ0v) is 24.3. The Kier molecular flexibility index (Phi) is 10.5. The predicted molar refractivity (Wildman–Crippen MR) is 127 cm³/mol. The van der Waals surface area contributed by atoms with Gasteiger partial charge < -0.3 is 0 Å². The van der Waals surface area contributed by atoms with E-state index in [0.717, 1.165) is 15.8 Å². The van der Waals surface area contributed by atoms with Crippen LogP contribution < -0.4 is 8.79 Å². The monoisotopic (exact) mass is 551 g/mol. The van der Waals surface area contributed by atoms with Crippen LogP contribution in [0.2, 0.25) is 31.5 Å². The van der Waals surface area contributed by atoms with Gasteiger partial charge in [-0.25, -0.2) is 0 Å². The summed E-state index contributed by atoms with van der Waals surface area (Å²) >= 11 is -6.33. The van der Waals surface area contributed by atoms with E-state index in [9.17, 15) is 4.79 Å². The van der Waals surface area contributed by atoms with Crippen LogP contribution in [-0.2, 0) is 0 Å². The van der Waals surface area contributed by atoms with Crippen molar-refractivity contribution in [3.63, 3.8) is 0 Å². The van der Waals surface area contributed by atoms with Crippen LogP contribution in [0.3, 0.4) is 0 Å². The third-order valence-corrected chi connectivity index (χ3v) is 31.1. The van der Waals surface area contributed by atoms with Gasteiger partial charge in [0.2, 0.25) is 0 Å². The van der Waals surface area contributed by atoms with Crippen LogP contribution in [0.4, 0.5) is 13.2 Å². The summed E-state index contributed by atoms with van der Waals surface area (Å²) in [6.45, 7) is 16.4. The first-order valence-corrected chi connectivity index (χ1v) is 22.7. The minimum atomic E-state index is -3.17. The Morgan fingerprint density at radius 2 is 1.00 bits per heavy atom. The maximum atomic E-state index is 16.4. The average Bonchev–Trinajstić information content (AvgIpc) is 2.77. The number of amides is 1. The van der Waals surface area contributed by atoms with Crippen LogP contribution in [0.25, 0.3) is 0 Å². The Morgan fingerprint density at radius 3 is 1.33 bits per heavy atom. The number of carbonyl (C=O) groups excluding carboxylic acids is 1. The molecule has 7 heteroatoms. The topological polar surface area (TPSA) is 20.3 Å². The van der Waals surface area contributed by atoms with Gasteiger partial charge in [0.1, 0.15) is 0 Å². The van der Waals surface area contributed by atoms with Crippen molar-refractivity contribution in [1.82, 2.24) is 4.90 Å². The van der Waals surface area contributed by atoms with Gasteiger partial charge in [-0.15, -0.1) is 0 Å². The van der Waals surface area contributed by atoms with Crippen LogP contribution in [0, 0.1) is 17.5 Å². The van der Waals surface area contributed by atoms with E-state index < -0.39 is 49.9 Å². The molecule has 0 radical (unpaired) electrons. The van der Waals surface area contributed by atoms with Gasteiger partial charge in [-0.3, -0.25) is 0 Å². The standard InChI is InChI=1S/C23H40F3Ge2NO/c1-9-27(10-2,11-3)21-17(23(30)29(15-7)16-8)18(24)19(25)22(20(21)26)28(12-4,13-5)14-6/h9-16H2,1-8H3. The SMILES string of the molecule is CCN(CC)C(=O)c1c(F)c(F)[c]([Ge]([CH2]C)([CH2]C)[CH2]C)c(F)[c]1[Ge]([CH2]C)([CH2]C)[CH2]C. The van der Waals surface area contributed by atoms with E-state index in [1.54, 1.807) is 13.8 Å². The molecule has 0 saturated heterocycles. The van der Waals surface area contributed by atoms with Gasteiger partial charge in [0.05, 0.1) is 0 Å². The first-order valence-electron chi connectivity index (χ1n) is 11.7. The van der Waals surface area contributed by atoms with Crippen molar-refractivity contribution >= 4 is 41.2 Å². The van der Waals surface area contributed by atoms with E-state index in [0.29, 0.717) is 33.2 Å². The molecule has 0 N–H and O–H groups in total. The summed E-state index contributed by atoms with van der Waals surface area (Å²) in [7, 11) is 0. The number of carbonyl (C=O) groups is 1. The van der Waals surface area contributed by atoms with E-state index >= 15 is 13.2 Å². The van der Waals surface area contributed by atoms with Crippen molar-refractivity contribution in [3.05, 3.63) is 23.0 Å². The first kappa shape index (κ1) is 27.6. The van der Waals surface area contributed by atoms with E-state index in [1.807, 2.05) is 41.5 Å².